The van der Waals surface area contributed by atoms with Gasteiger partial charge in [-0.2, -0.15) is 0 Å². The highest BCUT2D eigenvalue weighted by atomic mass is 32.1. The van der Waals surface area contributed by atoms with Gasteiger partial charge in [-0.1, -0.05) is 38.4 Å². The van der Waals surface area contributed by atoms with Crippen LogP contribution >= 0.6 is 12.2 Å². The monoisotopic (exact) mass is 400 g/mol. The molecule has 10 heteroatoms. The van der Waals surface area contributed by atoms with E-state index in [9.17, 15) is 9.59 Å². The number of rotatable bonds is 9. The Kier molecular flexibility index (Phi) is 10.2. The van der Waals surface area contributed by atoms with Crippen LogP contribution in [-0.4, -0.2) is 58.0 Å². The predicted octanol–water partition coefficient (Wildman–Crippen LogP) is -0.389. The van der Waals surface area contributed by atoms with Crippen molar-refractivity contribution in [3.8, 4) is 0 Å². The van der Waals surface area contributed by atoms with Crippen LogP contribution in [-0.2, 0) is 9.59 Å². The van der Waals surface area contributed by atoms with Crippen molar-refractivity contribution in [3.63, 3.8) is 0 Å². The third kappa shape index (κ3) is 7.73. The second kappa shape index (κ2) is 11.6. The summed E-state index contributed by atoms with van der Waals surface area (Å²) in [4.78, 5) is 25.1. The van der Waals surface area contributed by atoms with Gasteiger partial charge in [-0.15, -0.1) is 0 Å². The molecule has 0 spiro atoms. The number of carbonyl (C=O) groups excluding carboxylic acids is 2. The number of nitrogens with one attached hydrogen (secondary N) is 3. The van der Waals surface area contributed by atoms with E-state index in [0.29, 0.717) is 11.4 Å². The molecule has 0 heterocycles. The molecule has 154 valence electrons. The lowest BCUT2D eigenvalue weighted by Gasteiger charge is -2.28. The standard InChI is InChI=1S/C17H33BN4O4S/c1-4-13(17(27)21-11(3)18(25)26)22-15(23)10(2)20-16(24)14(19)12-8-6-5-7-9-12/h10-14,25-26H,4-9,19H2,1-3H3,(H,20,24)(H,21,27)(H,22,23)/t10-,11-,13-,14-/m0/s1. The van der Waals surface area contributed by atoms with Crippen LogP contribution in [0.5, 0.6) is 0 Å². The van der Waals surface area contributed by atoms with Crippen LogP contribution in [0.2, 0.25) is 0 Å². The first-order valence-electron chi connectivity index (χ1n) is 9.70. The summed E-state index contributed by atoms with van der Waals surface area (Å²) < 4.78 is 0. The molecule has 0 aromatic heterocycles. The molecule has 0 bridgehead atoms. The average molecular weight is 400 g/mol. The Morgan fingerprint density at radius 3 is 2.22 bits per heavy atom. The molecule has 0 unspecified atom stereocenters. The van der Waals surface area contributed by atoms with Gasteiger partial charge >= 0.3 is 7.12 Å². The minimum Gasteiger partial charge on any atom is -0.426 e. The van der Waals surface area contributed by atoms with Gasteiger partial charge in [0.25, 0.3) is 0 Å². The van der Waals surface area contributed by atoms with Gasteiger partial charge in [0.05, 0.1) is 23.0 Å². The Hall–Kier alpha value is -1.23. The van der Waals surface area contributed by atoms with Crippen molar-refractivity contribution in [2.75, 3.05) is 0 Å². The zero-order chi connectivity index (χ0) is 20.6. The Labute approximate surface area is 167 Å². The van der Waals surface area contributed by atoms with Gasteiger partial charge in [0.2, 0.25) is 11.8 Å². The Bertz CT molecular complexity index is 517. The van der Waals surface area contributed by atoms with E-state index >= 15 is 0 Å². The highest BCUT2D eigenvalue weighted by Crippen LogP contribution is 2.25. The van der Waals surface area contributed by atoms with E-state index < -0.39 is 31.2 Å². The van der Waals surface area contributed by atoms with E-state index in [4.69, 9.17) is 28.0 Å². The number of nitrogens with two attached hydrogens (primary N) is 1. The van der Waals surface area contributed by atoms with E-state index in [1.165, 1.54) is 6.42 Å². The molecule has 2 amide bonds. The van der Waals surface area contributed by atoms with Gasteiger partial charge in [0.15, 0.2) is 0 Å². The van der Waals surface area contributed by atoms with E-state index in [2.05, 4.69) is 16.0 Å². The number of thiocarbonyl (C=S) groups is 1. The fourth-order valence-corrected chi connectivity index (χ4v) is 3.54. The lowest BCUT2D eigenvalue weighted by Crippen LogP contribution is -2.56. The fourth-order valence-electron chi connectivity index (χ4n) is 3.13. The Balaban J connectivity index is 2.53. The summed E-state index contributed by atoms with van der Waals surface area (Å²) in [7, 11) is -1.56. The van der Waals surface area contributed by atoms with E-state index in [1.807, 2.05) is 6.92 Å². The minimum absolute atomic E-state index is 0.167. The summed E-state index contributed by atoms with van der Waals surface area (Å²) in [5, 5.41) is 26.5. The van der Waals surface area contributed by atoms with Crippen LogP contribution in [0.3, 0.4) is 0 Å². The van der Waals surface area contributed by atoms with Crippen LogP contribution in [0.25, 0.3) is 0 Å². The van der Waals surface area contributed by atoms with Crippen molar-refractivity contribution in [2.24, 2.45) is 11.7 Å². The number of hydrogen-bond acceptors (Lipinski definition) is 6. The summed E-state index contributed by atoms with van der Waals surface area (Å²) in [6.45, 7) is 5.02. The first-order chi connectivity index (χ1) is 12.7. The third-order valence-electron chi connectivity index (χ3n) is 5.07. The maximum absolute atomic E-state index is 12.4. The maximum atomic E-state index is 12.4. The molecule has 0 aliphatic heterocycles. The molecular formula is C17H33BN4O4S. The van der Waals surface area contributed by atoms with Gasteiger partial charge in [-0.3, -0.25) is 9.59 Å². The average Bonchev–Trinajstić information content (AvgIpc) is 2.65. The summed E-state index contributed by atoms with van der Waals surface area (Å²) in [6, 6.07) is -1.82. The van der Waals surface area contributed by atoms with E-state index in [-0.39, 0.29) is 17.7 Å². The molecule has 1 fully saturated rings. The molecule has 1 aliphatic carbocycles. The molecule has 4 atom stereocenters. The topological polar surface area (TPSA) is 137 Å². The van der Waals surface area contributed by atoms with Crippen LogP contribution in [0.4, 0.5) is 0 Å². The highest BCUT2D eigenvalue weighted by Gasteiger charge is 2.29. The zero-order valence-corrected chi connectivity index (χ0v) is 17.2. The molecule has 0 saturated heterocycles. The van der Waals surface area contributed by atoms with Crippen molar-refractivity contribution in [3.05, 3.63) is 0 Å². The van der Waals surface area contributed by atoms with Crippen molar-refractivity contribution < 1.29 is 19.6 Å². The smallest absolute Gasteiger partial charge is 0.426 e. The molecule has 7 N–H and O–H groups in total. The second-order valence-electron chi connectivity index (χ2n) is 7.33. The predicted molar refractivity (Wildman–Crippen MR) is 110 cm³/mol. The quantitative estimate of drug-likeness (QED) is 0.229. The molecule has 1 aliphatic rings. The third-order valence-corrected chi connectivity index (χ3v) is 5.47. The largest absolute Gasteiger partial charge is 0.475 e. The van der Waals surface area contributed by atoms with Crippen molar-refractivity contribution >= 4 is 36.1 Å². The molecule has 0 radical (unpaired) electrons. The summed E-state index contributed by atoms with van der Waals surface area (Å²) in [5.41, 5.74) is 6.08. The molecule has 1 saturated carbocycles. The van der Waals surface area contributed by atoms with Gasteiger partial charge in [0, 0.05) is 0 Å². The highest BCUT2D eigenvalue weighted by molar-refractivity contribution is 7.80. The number of amides is 2. The van der Waals surface area contributed by atoms with Crippen LogP contribution in [0.1, 0.15) is 59.3 Å². The van der Waals surface area contributed by atoms with E-state index in [0.717, 1.165) is 25.7 Å². The number of hydrogen-bond donors (Lipinski definition) is 6. The van der Waals surface area contributed by atoms with Gasteiger partial charge in [-0.25, -0.2) is 0 Å². The van der Waals surface area contributed by atoms with Gasteiger partial charge in [0.1, 0.15) is 6.04 Å². The van der Waals surface area contributed by atoms with Crippen molar-refractivity contribution in [1.82, 2.24) is 16.0 Å². The zero-order valence-electron chi connectivity index (χ0n) is 16.4. The summed E-state index contributed by atoms with van der Waals surface area (Å²) >= 11 is 5.23. The first kappa shape index (κ1) is 23.8. The van der Waals surface area contributed by atoms with Gasteiger partial charge < -0.3 is 31.7 Å². The summed E-state index contributed by atoms with van der Waals surface area (Å²) in [6.07, 6.45) is 5.77. The van der Waals surface area contributed by atoms with Crippen LogP contribution in [0.15, 0.2) is 0 Å². The van der Waals surface area contributed by atoms with Crippen LogP contribution < -0.4 is 21.7 Å². The fraction of sp³-hybridized carbons (Fsp3) is 0.824. The molecular weight excluding hydrogens is 367 g/mol. The Morgan fingerprint density at radius 2 is 1.70 bits per heavy atom. The number of carbonyl (C=O) groups is 2. The van der Waals surface area contributed by atoms with Crippen molar-refractivity contribution in [1.29, 1.82) is 0 Å². The molecule has 27 heavy (non-hydrogen) atoms. The second-order valence-corrected chi connectivity index (χ2v) is 7.77. The molecule has 0 aromatic carbocycles. The lowest BCUT2D eigenvalue weighted by atomic mass is 9.81. The maximum Gasteiger partial charge on any atom is 0.475 e. The van der Waals surface area contributed by atoms with E-state index in [1.54, 1.807) is 13.8 Å². The van der Waals surface area contributed by atoms with Crippen molar-refractivity contribution in [2.45, 2.75) is 83.4 Å². The molecule has 1 rings (SSSR count). The minimum atomic E-state index is -1.56. The Morgan fingerprint density at radius 1 is 1.11 bits per heavy atom. The molecule has 8 nitrogen and oxygen atoms in total. The normalized spacial score (nSPS) is 19.3. The summed E-state index contributed by atoms with van der Waals surface area (Å²) in [5.74, 6) is -1.17. The molecule has 0 aromatic rings. The SMILES string of the molecule is CC[C@H](NC(=O)[C@H](C)NC(=O)[C@@H](N)C1CCCCC1)C(=S)N[C@@H](C)B(O)O. The first-order valence-corrected chi connectivity index (χ1v) is 10.1. The lowest BCUT2D eigenvalue weighted by molar-refractivity contribution is -0.130. The van der Waals surface area contributed by atoms with Crippen LogP contribution in [0, 0.1) is 5.92 Å². The van der Waals surface area contributed by atoms with Gasteiger partial charge in [-0.05, 0) is 39.0 Å².